The minimum Gasteiger partial charge on any atom is -0.345 e. The molecule has 1 aromatic rings. The summed E-state index contributed by atoms with van der Waals surface area (Å²) >= 11 is 8.55. The topological polar surface area (TPSA) is 62.8 Å². The molecule has 1 rings (SSSR count). The van der Waals surface area contributed by atoms with Crippen LogP contribution in [0.2, 0.25) is 0 Å². The molecule has 7 heteroatoms. The van der Waals surface area contributed by atoms with E-state index in [1.54, 1.807) is 6.92 Å². The van der Waals surface area contributed by atoms with Crippen molar-refractivity contribution in [2.24, 2.45) is 5.92 Å². The predicted octanol–water partition coefficient (Wildman–Crippen LogP) is 3.21. The Hall–Kier alpha value is -0.270. The van der Waals surface area contributed by atoms with Crippen molar-refractivity contribution in [3.63, 3.8) is 0 Å². The molecule has 0 saturated carbocycles. The summed E-state index contributed by atoms with van der Waals surface area (Å²) < 4.78 is 24.3. The van der Waals surface area contributed by atoms with Crippen LogP contribution in [0, 0.1) is 10.6 Å². The molecule has 1 atom stereocenters. The summed E-state index contributed by atoms with van der Waals surface area (Å²) in [5, 5.41) is -0.682. The highest BCUT2D eigenvalue weighted by Crippen LogP contribution is 2.23. The van der Waals surface area contributed by atoms with Gasteiger partial charge in [0, 0.05) is 11.9 Å². The highest BCUT2D eigenvalue weighted by atomic mass is 79.9. The minimum absolute atomic E-state index is 0.398. The Morgan fingerprint density at radius 3 is 2.39 bits per heavy atom. The molecule has 0 bridgehead atoms. The normalized spacial score (nSPS) is 13.9. The first-order valence-corrected chi connectivity index (χ1v) is 8.76. The van der Waals surface area contributed by atoms with Gasteiger partial charge in [0.05, 0.1) is 4.47 Å². The molecule has 0 fully saturated rings. The number of sulfone groups is 1. The third-order valence-electron chi connectivity index (χ3n) is 2.59. The molecule has 0 aliphatic carbocycles. The Bertz CT molecular complexity index is 594. The lowest BCUT2D eigenvalue weighted by Gasteiger charge is -2.13. The summed E-state index contributed by atoms with van der Waals surface area (Å²) in [5.41, 5.74) is 0.899. The zero-order valence-electron chi connectivity index (χ0n) is 10.8. The van der Waals surface area contributed by atoms with Crippen molar-refractivity contribution in [1.82, 2.24) is 9.97 Å². The van der Waals surface area contributed by atoms with Crippen LogP contribution < -0.4 is 0 Å². The smallest absolute Gasteiger partial charge is 0.157 e. The highest BCUT2D eigenvalue weighted by Gasteiger charge is 2.21. The van der Waals surface area contributed by atoms with Crippen LogP contribution in [-0.4, -0.2) is 24.6 Å². The fraction of sp³-hybridized carbons (Fsp3) is 0.636. The number of aromatic nitrogens is 2. The maximum atomic E-state index is 11.6. The molecule has 0 spiro atoms. The summed E-state index contributed by atoms with van der Waals surface area (Å²) in [6.45, 7) is 5.78. The second kappa shape index (κ2) is 5.79. The SMILES string of the molecule is CC(C)Cc1[nH]c(C(C)S(C)(=O)=O)nc(=S)c1Br. The maximum Gasteiger partial charge on any atom is 0.157 e. The highest BCUT2D eigenvalue weighted by molar-refractivity contribution is 9.10. The van der Waals surface area contributed by atoms with Crippen LogP contribution in [0.15, 0.2) is 4.47 Å². The first kappa shape index (κ1) is 15.8. The summed E-state index contributed by atoms with van der Waals surface area (Å²) in [4.78, 5) is 7.23. The van der Waals surface area contributed by atoms with Crippen molar-refractivity contribution in [2.45, 2.75) is 32.4 Å². The van der Waals surface area contributed by atoms with Gasteiger partial charge in [-0.15, -0.1) is 0 Å². The van der Waals surface area contributed by atoms with Crippen LogP contribution in [0.1, 0.15) is 37.5 Å². The molecular formula is C11H17BrN2O2S2. The van der Waals surface area contributed by atoms with Crippen molar-refractivity contribution in [2.75, 3.05) is 6.26 Å². The van der Waals surface area contributed by atoms with E-state index in [1.165, 1.54) is 6.26 Å². The monoisotopic (exact) mass is 352 g/mol. The molecule has 0 aromatic carbocycles. The molecule has 1 heterocycles. The Labute approximate surface area is 121 Å². The molecule has 1 aromatic heterocycles. The van der Waals surface area contributed by atoms with E-state index < -0.39 is 15.1 Å². The van der Waals surface area contributed by atoms with Crippen LogP contribution in [0.3, 0.4) is 0 Å². The molecule has 0 radical (unpaired) electrons. The maximum absolute atomic E-state index is 11.6. The van der Waals surface area contributed by atoms with Crippen molar-refractivity contribution >= 4 is 38.0 Å². The van der Waals surface area contributed by atoms with Crippen LogP contribution in [-0.2, 0) is 16.3 Å². The summed E-state index contributed by atoms with van der Waals surface area (Å²) in [6, 6.07) is 0. The molecule has 1 unspecified atom stereocenters. The second-order valence-corrected chi connectivity index (χ2v) is 8.34. The summed E-state index contributed by atoms with van der Waals surface area (Å²) in [5.74, 6) is 0.845. The van der Waals surface area contributed by atoms with Gasteiger partial charge in [0.25, 0.3) is 0 Å². The van der Waals surface area contributed by atoms with E-state index in [2.05, 4.69) is 39.7 Å². The summed E-state index contributed by atoms with van der Waals surface area (Å²) in [7, 11) is -3.19. The lowest BCUT2D eigenvalue weighted by Crippen LogP contribution is -2.14. The third-order valence-corrected chi connectivity index (χ3v) is 5.51. The Kier molecular flexibility index (Phi) is 5.08. The Morgan fingerprint density at radius 2 is 1.94 bits per heavy atom. The fourth-order valence-electron chi connectivity index (χ4n) is 1.47. The predicted molar refractivity (Wildman–Crippen MR) is 78.9 cm³/mol. The average Bonchev–Trinajstić information content (AvgIpc) is 2.21. The molecule has 0 amide bonds. The second-order valence-electron chi connectivity index (χ2n) is 4.79. The van der Waals surface area contributed by atoms with Crippen molar-refractivity contribution in [1.29, 1.82) is 0 Å². The number of H-pyrrole nitrogens is 1. The van der Waals surface area contributed by atoms with Crippen LogP contribution in [0.4, 0.5) is 0 Å². The van der Waals surface area contributed by atoms with Crippen molar-refractivity contribution in [3.8, 4) is 0 Å². The van der Waals surface area contributed by atoms with Crippen molar-refractivity contribution < 1.29 is 8.42 Å². The Balaban J connectivity index is 3.33. The van der Waals surface area contributed by atoms with E-state index in [0.717, 1.165) is 16.6 Å². The van der Waals surface area contributed by atoms with Gasteiger partial charge in [0.15, 0.2) is 9.84 Å². The molecule has 102 valence electrons. The van der Waals surface area contributed by atoms with E-state index in [4.69, 9.17) is 12.2 Å². The lowest BCUT2D eigenvalue weighted by molar-refractivity contribution is 0.586. The molecule has 0 aliphatic rings. The van der Waals surface area contributed by atoms with Gasteiger partial charge in [-0.1, -0.05) is 26.1 Å². The number of hydrogen-bond acceptors (Lipinski definition) is 4. The molecule has 0 aliphatic heterocycles. The number of hydrogen-bond donors (Lipinski definition) is 1. The first-order valence-electron chi connectivity index (χ1n) is 5.60. The molecular weight excluding hydrogens is 336 g/mol. The third kappa shape index (κ3) is 3.86. The number of nitrogens with one attached hydrogen (secondary N) is 1. The van der Waals surface area contributed by atoms with Gasteiger partial charge in [-0.2, -0.15) is 0 Å². The number of aromatic amines is 1. The molecule has 4 nitrogen and oxygen atoms in total. The van der Waals surface area contributed by atoms with Gasteiger partial charge >= 0.3 is 0 Å². The van der Waals surface area contributed by atoms with Crippen molar-refractivity contribution in [3.05, 3.63) is 20.6 Å². The molecule has 1 N–H and O–H groups in total. The Morgan fingerprint density at radius 1 is 1.39 bits per heavy atom. The minimum atomic E-state index is -3.19. The van der Waals surface area contributed by atoms with E-state index in [0.29, 0.717) is 16.4 Å². The number of rotatable bonds is 4. The van der Waals surface area contributed by atoms with Gasteiger partial charge < -0.3 is 4.98 Å². The molecule has 0 saturated heterocycles. The molecule has 18 heavy (non-hydrogen) atoms. The van der Waals surface area contributed by atoms with E-state index >= 15 is 0 Å². The van der Waals surface area contributed by atoms with Gasteiger partial charge in [-0.25, -0.2) is 13.4 Å². The van der Waals surface area contributed by atoms with Gasteiger partial charge in [0.2, 0.25) is 0 Å². The standard InChI is InChI=1S/C11H17BrN2O2S2/c1-6(2)5-8-9(12)11(17)14-10(13-8)7(3)18(4,15)16/h6-7H,5H2,1-4H3,(H,13,14,17). The average molecular weight is 353 g/mol. The van der Waals surface area contributed by atoms with Gasteiger partial charge in [0.1, 0.15) is 15.7 Å². The number of nitrogens with zero attached hydrogens (tertiary/aromatic N) is 1. The van der Waals surface area contributed by atoms with E-state index in [9.17, 15) is 8.42 Å². The largest absolute Gasteiger partial charge is 0.345 e. The van der Waals surface area contributed by atoms with Gasteiger partial charge in [-0.3, -0.25) is 0 Å². The van der Waals surface area contributed by atoms with Crippen LogP contribution in [0.25, 0.3) is 0 Å². The quantitative estimate of drug-likeness (QED) is 0.845. The number of halogens is 1. The van der Waals surface area contributed by atoms with E-state index in [1.807, 2.05) is 0 Å². The first-order chi connectivity index (χ1) is 8.12. The fourth-order valence-corrected chi connectivity index (χ4v) is 2.56. The van der Waals surface area contributed by atoms with Gasteiger partial charge in [-0.05, 0) is 35.2 Å². The summed E-state index contributed by atoms with van der Waals surface area (Å²) in [6.07, 6.45) is 1.98. The van der Waals surface area contributed by atoms with Crippen LogP contribution >= 0.6 is 28.1 Å². The zero-order valence-corrected chi connectivity index (χ0v) is 14.0. The van der Waals surface area contributed by atoms with E-state index in [-0.39, 0.29) is 0 Å². The van der Waals surface area contributed by atoms with Crippen LogP contribution in [0.5, 0.6) is 0 Å². The zero-order chi connectivity index (χ0) is 14.1. The lowest BCUT2D eigenvalue weighted by atomic mass is 10.1.